The molecule has 0 aliphatic carbocycles. The van der Waals surface area contributed by atoms with E-state index < -0.39 is 0 Å². The van der Waals surface area contributed by atoms with E-state index in [4.69, 9.17) is 16.3 Å². The van der Waals surface area contributed by atoms with E-state index in [-0.39, 0.29) is 5.78 Å². The van der Waals surface area contributed by atoms with Crippen LogP contribution in [0.4, 0.5) is 0 Å². The van der Waals surface area contributed by atoms with E-state index in [0.717, 1.165) is 12.8 Å². The van der Waals surface area contributed by atoms with Gasteiger partial charge in [-0.2, -0.15) is 0 Å². The number of carbonyl (C=O) groups is 1. The molecular formula is C16H16ClNO2. The molecule has 1 aromatic heterocycles. The first kappa shape index (κ1) is 14.5. The van der Waals surface area contributed by atoms with E-state index in [1.807, 2.05) is 12.1 Å². The minimum absolute atomic E-state index is 0.0424. The fourth-order valence-electron chi connectivity index (χ4n) is 1.89. The van der Waals surface area contributed by atoms with Gasteiger partial charge in [-0.15, -0.1) is 0 Å². The summed E-state index contributed by atoms with van der Waals surface area (Å²) < 4.78 is 5.63. The van der Waals surface area contributed by atoms with Gasteiger partial charge in [0.05, 0.1) is 11.6 Å². The molecule has 0 amide bonds. The van der Waals surface area contributed by atoms with Gasteiger partial charge in [-0.05, 0) is 55.7 Å². The number of hydrogen-bond donors (Lipinski definition) is 0. The third-order valence-corrected chi connectivity index (χ3v) is 3.26. The van der Waals surface area contributed by atoms with E-state index in [2.05, 4.69) is 4.98 Å². The summed E-state index contributed by atoms with van der Waals surface area (Å²) in [5, 5.41) is 0.434. The number of ketones is 1. The molecule has 0 unspecified atom stereocenters. The average molecular weight is 290 g/mol. The van der Waals surface area contributed by atoms with Crippen molar-refractivity contribution >= 4 is 17.4 Å². The van der Waals surface area contributed by atoms with Gasteiger partial charge in [-0.1, -0.05) is 11.6 Å². The number of nitrogens with zero attached hydrogens (tertiary/aromatic N) is 1. The lowest BCUT2D eigenvalue weighted by Gasteiger charge is -2.08. The topological polar surface area (TPSA) is 39.2 Å². The highest BCUT2D eigenvalue weighted by atomic mass is 35.5. The number of halogens is 1. The summed E-state index contributed by atoms with van der Waals surface area (Å²) in [4.78, 5) is 15.2. The van der Waals surface area contributed by atoms with Gasteiger partial charge in [0.25, 0.3) is 0 Å². The second-order valence-corrected chi connectivity index (χ2v) is 4.91. The monoisotopic (exact) mass is 289 g/mol. The van der Waals surface area contributed by atoms with Gasteiger partial charge in [-0.3, -0.25) is 9.78 Å². The normalized spacial score (nSPS) is 10.3. The molecule has 0 atom stereocenters. The number of ether oxygens (including phenoxy) is 1. The minimum atomic E-state index is -0.0424. The quantitative estimate of drug-likeness (QED) is 0.597. The molecule has 104 valence electrons. The maximum Gasteiger partial charge on any atom is 0.161 e. The van der Waals surface area contributed by atoms with Gasteiger partial charge >= 0.3 is 0 Å². The zero-order valence-corrected chi connectivity index (χ0v) is 12.1. The first-order valence-corrected chi connectivity index (χ1v) is 6.87. The Bertz CT molecular complexity index is 584. The van der Waals surface area contributed by atoms with E-state index in [0.29, 0.717) is 22.9 Å². The van der Waals surface area contributed by atoms with Gasteiger partial charge in [-0.25, -0.2) is 0 Å². The van der Waals surface area contributed by atoms with Crippen molar-refractivity contribution in [2.75, 3.05) is 6.61 Å². The van der Waals surface area contributed by atoms with E-state index >= 15 is 0 Å². The number of pyridine rings is 1. The lowest BCUT2D eigenvalue weighted by Crippen LogP contribution is -2.00. The Kier molecular flexibility index (Phi) is 5.13. The predicted molar refractivity (Wildman–Crippen MR) is 79.5 cm³/mol. The molecule has 0 saturated heterocycles. The molecule has 0 spiro atoms. The second-order valence-electron chi connectivity index (χ2n) is 4.51. The van der Waals surface area contributed by atoms with Crippen molar-refractivity contribution in [3.63, 3.8) is 0 Å². The third-order valence-electron chi connectivity index (χ3n) is 2.95. The van der Waals surface area contributed by atoms with Crippen LogP contribution in [0.3, 0.4) is 0 Å². The van der Waals surface area contributed by atoms with Gasteiger partial charge in [0.15, 0.2) is 5.78 Å². The summed E-state index contributed by atoms with van der Waals surface area (Å²) in [6, 6.07) is 9.15. The molecule has 1 heterocycles. The maximum atomic E-state index is 11.3. The van der Waals surface area contributed by atoms with Crippen molar-refractivity contribution in [2.45, 2.75) is 19.8 Å². The highest BCUT2D eigenvalue weighted by molar-refractivity contribution is 6.34. The first-order valence-electron chi connectivity index (χ1n) is 6.49. The van der Waals surface area contributed by atoms with Crippen molar-refractivity contribution in [1.29, 1.82) is 0 Å². The predicted octanol–water partition coefficient (Wildman–Crippen LogP) is 3.95. The Morgan fingerprint density at radius 1 is 1.25 bits per heavy atom. The average Bonchev–Trinajstić information content (AvgIpc) is 2.44. The Labute approximate surface area is 123 Å². The van der Waals surface area contributed by atoms with E-state index in [1.54, 1.807) is 30.6 Å². The van der Waals surface area contributed by atoms with Crippen LogP contribution >= 0.6 is 11.6 Å². The van der Waals surface area contributed by atoms with Crippen LogP contribution in [0.1, 0.15) is 29.3 Å². The molecule has 0 saturated carbocycles. The Morgan fingerprint density at radius 3 is 2.65 bits per heavy atom. The zero-order valence-electron chi connectivity index (χ0n) is 11.3. The molecule has 0 fully saturated rings. The van der Waals surface area contributed by atoms with Crippen LogP contribution < -0.4 is 4.74 Å². The van der Waals surface area contributed by atoms with E-state index in [1.165, 1.54) is 12.5 Å². The maximum absolute atomic E-state index is 11.3. The van der Waals surface area contributed by atoms with E-state index in [9.17, 15) is 4.79 Å². The molecule has 0 bridgehead atoms. The third kappa shape index (κ3) is 4.07. The molecule has 0 aliphatic rings. The van der Waals surface area contributed by atoms with Crippen LogP contribution in [0.15, 0.2) is 42.7 Å². The highest BCUT2D eigenvalue weighted by Gasteiger charge is 2.06. The summed E-state index contributed by atoms with van der Waals surface area (Å²) in [7, 11) is 0. The van der Waals surface area contributed by atoms with Crippen LogP contribution in [0.2, 0.25) is 5.02 Å². The molecule has 3 nitrogen and oxygen atoms in total. The minimum Gasteiger partial charge on any atom is -0.494 e. The highest BCUT2D eigenvalue weighted by Crippen LogP contribution is 2.23. The molecule has 1 aromatic carbocycles. The number of hydrogen-bond acceptors (Lipinski definition) is 3. The van der Waals surface area contributed by atoms with Crippen molar-refractivity contribution in [2.24, 2.45) is 0 Å². The summed E-state index contributed by atoms with van der Waals surface area (Å²) in [5.74, 6) is 0.647. The van der Waals surface area contributed by atoms with Crippen molar-refractivity contribution in [3.05, 3.63) is 58.9 Å². The molecule has 0 radical (unpaired) electrons. The van der Waals surface area contributed by atoms with Gasteiger partial charge < -0.3 is 4.74 Å². The van der Waals surface area contributed by atoms with Gasteiger partial charge in [0, 0.05) is 18.0 Å². The molecule has 2 aromatic rings. The number of aromatic nitrogens is 1. The van der Waals surface area contributed by atoms with Crippen LogP contribution in [0.5, 0.6) is 5.75 Å². The van der Waals surface area contributed by atoms with Crippen LogP contribution in [-0.2, 0) is 6.42 Å². The molecular weight excluding hydrogens is 274 g/mol. The molecule has 0 N–H and O–H groups in total. The van der Waals surface area contributed by atoms with Crippen LogP contribution in [-0.4, -0.2) is 17.4 Å². The van der Waals surface area contributed by atoms with Gasteiger partial charge in [0.1, 0.15) is 5.75 Å². The zero-order chi connectivity index (χ0) is 14.4. The Morgan fingerprint density at radius 2 is 2.00 bits per heavy atom. The fraction of sp³-hybridized carbons (Fsp3) is 0.250. The lowest BCUT2D eigenvalue weighted by atomic mass is 10.1. The van der Waals surface area contributed by atoms with Crippen molar-refractivity contribution < 1.29 is 9.53 Å². The second kappa shape index (κ2) is 7.06. The fourth-order valence-corrected chi connectivity index (χ4v) is 2.19. The molecule has 0 aliphatic heterocycles. The summed E-state index contributed by atoms with van der Waals surface area (Å²) in [6.45, 7) is 2.11. The standard InChI is InChI=1S/C16H16ClNO2/c1-12(19)15-5-4-14(11-16(15)17)20-10-2-3-13-6-8-18-9-7-13/h4-9,11H,2-3,10H2,1H3. The summed E-state index contributed by atoms with van der Waals surface area (Å²) >= 11 is 6.03. The number of aryl methyl sites for hydroxylation is 1. The lowest BCUT2D eigenvalue weighted by molar-refractivity contribution is 0.101. The largest absolute Gasteiger partial charge is 0.494 e. The van der Waals surface area contributed by atoms with Crippen LogP contribution in [0.25, 0.3) is 0 Å². The Balaban J connectivity index is 1.83. The number of Topliss-reactive ketones (excluding diaryl/α,β-unsaturated/α-hetero) is 1. The molecule has 2 rings (SSSR count). The Hall–Kier alpha value is -1.87. The number of benzene rings is 1. The number of carbonyl (C=O) groups excluding carboxylic acids is 1. The molecule has 20 heavy (non-hydrogen) atoms. The van der Waals surface area contributed by atoms with Crippen LogP contribution in [0, 0.1) is 0 Å². The molecule has 4 heteroatoms. The smallest absolute Gasteiger partial charge is 0.161 e. The SMILES string of the molecule is CC(=O)c1ccc(OCCCc2ccncc2)cc1Cl. The summed E-state index contributed by atoms with van der Waals surface area (Å²) in [5.41, 5.74) is 1.77. The van der Waals surface area contributed by atoms with Crippen molar-refractivity contribution in [3.8, 4) is 5.75 Å². The van der Waals surface area contributed by atoms with Gasteiger partial charge in [0.2, 0.25) is 0 Å². The summed E-state index contributed by atoms with van der Waals surface area (Å²) in [6.07, 6.45) is 5.44. The first-order chi connectivity index (χ1) is 9.66. The number of rotatable bonds is 6. The van der Waals surface area contributed by atoms with Crippen molar-refractivity contribution in [1.82, 2.24) is 4.98 Å².